The summed E-state index contributed by atoms with van der Waals surface area (Å²) in [6, 6.07) is 0. The molecule has 0 spiro atoms. The van der Waals surface area contributed by atoms with Gasteiger partial charge in [0.15, 0.2) is 0 Å². The fraction of sp³-hybridized carbons (Fsp3) is 0.286. The first-order chi connectivity index (χ1) is 6.50. The second kappa shape index (κ2) is 4.40. The average Bonchev–Trinajstić information content (AvgIpc) is 2.09. The van der Waals surface area contributed by atoms with Crippen LogP contribution >= 0.6 is 22.6 Å². The lowest BCUT2D eigenvalue weighted by molar-refractivity contribution is -0.137. The molecule has 0 amide bonds. The van der Waals surface area contributed by atoms with Gasteiger partial charge in [0.05, 0.1) is 9.99 Å². The number of aliphatic carboxylic acids is 1. The van der Waals surface area contributed by atoms with E-state index < -0.39 is 17.2 Å². The molecule has 1 aromatic heterocycles. The summed E-state index contributed by atoms with van der Waals surface area (Å²) in [5.74, 6) is -0.988. The van der Waals surface area contributed by atoms with Gasteiger partial charge in [-0.15, -0.1) is 0 Å². The number of hydrogen-bond donors (Lipinski definition) is 2. The fourth-order valence-corrected chi connectivity index (χ4v) is 1.34. The third-order valence-electron chi connectivity index (χ3n) is 1.53. The Balaban J connectivity index is 2.99. The van der Waals surface area contributed by atoms with Crippen LogP contribution in [0, 0.1) is 3.57 Å². The number of rotatable bonds is 3. The predicted octanol–water partition coefficient (Wildman–Crippen LogP) is -0.384. The number of aryl methyl sites for hydroxylation is 1. The lowest BCUT2D eigenvalue weighted by Crippen LogP contribution is -2.31. The number of carboxylic acid groups (broad SMARTS) is 1. The van der Waals surface area contributed by atoms with Gasteiger partial charge in [0, 0.05) is 12.7 Å². The summed E-state index contributed by atoms with van der Waals surface area (Å²) in [6.45, 7) is 0.0565. The maximum absolute atomic E-state index is 11.1. The molecule has 0 atom stereocenters. The Morgan fingerprint density at radius 3 is 2.79 bits per heavy atom. The maximum atomic E-state index is 11.1. The molecule has 0 unspecified atom stereocenters. The van der Waals surface area contributed by atoms with Crippen LogP contribution in [0.1, 0.15) is 6.42 Å². The zero-order chi connectivity index (χ0) is 10.7. The number of H-pyrrole nitrogens is 1. The Morgan fingerprint density at radius 2 is 2.21 bits per heavy atom. The molecule has 1 aromatic rings. The van der Waals surface area contributed by atoms with E-state index in [0.717, 1.165) is 4.57 Å². The lowest BCUT2D eigenvalue weighted by Gasteiger charge is -2.02. The van der Waals surface area contributed by atoms with Crippen LogP contribution in [0.5, 0.6) is 0 Å². The number of hydrogen-bond acceptors (Lipinski definition) is 3. The van der Waals surface area contributed by atoms with Gasteiger partial charge in [-0.05, 0) is 22.6 Å². The fourth-order valence-electron chi connectivity index (χ4n) is 0.865. The number of nitrogens with one attached hydrogen (secondary N) is 1. The number of halogens is 1. The Bertz CT molecular complexity index is 461. The summed E-state index contributed by atoms with van der Waals surface area (Å²) in [7, 11) is 0. The van der Waals surface area contributed by atoms with E-state index in [2.05, 4.69) is 4.98 Å². The molecule has 0 fully saturated rings. The molecular weight excluding hydrogens is 303 g/mol. The van der Waals surface area contributed by atoms with Crippen molar-refractivity contribution in [2.24, 2.45) is 0 Å². The van der Waals surface area contributed by atoms with Crippen molar-refractivity contribution < 1.29 is 9.90 Å². The van der Waals surface area contributed by atoms with Gasteiger partial charge in [-0.2, -0.15) is 0 Å². The molecular formula is C7H7IN2O4. The van der Waals surface area contributed by atoms with Gasteiger partial charge in [-0.3, -0.25) is 19.1 Å². The van der Waals surface area contributed by atoms with E-state index in [0.29, 0.717) is 3.57 Å². The average molecular weight is 310 g/mol. The SMILES string of the molecule is O=C(O)CCn1cc(I)c(=O)[nH]c1=O. The number of carboxylic acids is 1. The van der Waals surface area contributed by atoms with Crippen molar-refractivity contribution in [3.8, 4) is 0 Å². The largest absolute Gasteiger partial charge is 0.481 e. The molecule has 0 saturated heterocycles. The van der Waals surface area contributed by atoms with E-state index in [1.54, 1.807) is 22.6 Å². The van der Waals surface area contributed by atoms with Gasteiger partial charge < -0.3 is 5.11 Å². The summed E-state index contributed by atoms with van der Waals surface area (Å²) in [4.78, 5) is 34.4. The molecule has 1 rings (SSSR count). The smallest absolute Gasteiger partial charge is 0.328 e. The van der Waals surface area contributed by atoms with Gasteiger partial charge >= 0.3 is 11.7 Å². The van der Waals surface area contributed by atoms with Crippen LogP contribution in [-0.4, -0.2) is 20.6 Å². The summed E-state index contributed by atoms with van der Waals surface area (Å²) in [5.41, 5.74) is -1.04. The Hall–Kier alpha value is -1.12. The van der Waals surface area contributed by atoms with Gasteiger partial charge in [0.2, 0.25) is 0 Å². The zero-order valence-corrected chi connectivity index (χ0v) is 9.15. The van der Waals surface area contributed by atoms with Crippen molar-refractivity contribution in [1.82, 2.24) is 9.55 Å². The molecule has 14 heavy (non-hydrogen) atoms. The molecule has 6 nitrogen and oxygen atoms in total. The highest BCUT2D eigenvalue weighted by Crippen LogP contribution is 1.93. The highest BCUT2D eigenvalue weighted by Gasteiger charge is 2.03. The van der Waals surface area contributed by atoms with Crippen LogP contribution in [0.25, 0.3) is 0 Å². The van der Waals surface area contributed by atoms with Crippen molar-refractivity contribution in [2.45, 2.75) is 13.0 Å². The molecule has 0 radical (unpaired) electrons. The summed E-state index contributed by atoms with van der Waals surface area (Å²) in [6.07, 6.45) is 1.19. The van der Waals surface area contributed by atoms with Crippen LogP contribution < -0.4 is 11.2 Å². The van der Waals surface area contributed by atoms with Crippen molar-refractivity contribution in [2.75, 3.05) is 0 Å². The highest BCUT2D eigenvalue weighted by atomic mass is 127. The molecule has 76 valence electrons. The number of aromatic nitrogens is 2. The monoisotopic (exact) mass is 310 g/mol. The Kier molecular flexibility index (Phi) is 3.44. The van der Waals surface area contributed by atoms with Crippen molar-refractivity contribution >= 4 is 28.6 Å². The van der Waals surface area contributed by atoms with E-state index in [-0.39, 0.29) is 13.0 Å². The normalized spacial score (nSPS) is 10.1. The van der Waals surface area contributed by atoms with E-state index in [1.165, 1.54) is 6.20 Å². The van der Waals surface area contributed by atoms with E-state index in [4.69, 9.17) is 5.11 Å². The molecule has 0 aliphatic carbocycles. The minimum absolute atomic E-state index is 0.0565. The summed E-state index contributed by atoms with van der Waals surface area (Å²) < 4.78 is 1.52. The third kappa shape index (κ3) is 2.69. The molecule has 0 aromatic carbocycles. The third-order valence-corrected chi connectivity index (χ3v) is 2.30. The van der Waals surface area contributed by atoms with Crippen LogP contribution in [0.15, 0.2) is 15.8 Å². The van der Waals surface area contributed by atoms with E-state index >= 15 is 0 Å². The van der Waals surface area contributed by atoms with Crippen molar-refractivity contribution in [3.05, 3.63) is 30.6 Å². The first kappa shape index (κ1) is 11.0. The Morgan fingerprint density at radius 1 is 1.57 bits per heavy atom. The minimum Gasteiger partial charge on any atom is -0.481 e. The quantitative estimate of drug-likeness (QED) is 0.744. The maximum Gasteiger partial charge on any atom is 0.328 e. The number of carbonyl (C=O) groups is 1. The lowest BCUT2D eigenvalue weighted by atomic mass is 10.4. The first-order valence-electron chi connectivity index (χ1n) is 3.72. The van der Waals surface area contributed by atoms with Gasteiger partial charge in [0.1, 0.15) is 0 Å². The molecule has 2 N–H and O–H groups in total. The van der Waals surface area contributed by atoms with Crippen LogP contribution in [-0.2, 0) is 11.3 Å². The highest BCUT2D eigenvalue weighted by molar-refractivity contribution is 14.1. The topological polar surface area (TPSA) is 92.2 Å². The van der Waals surface area contributed by atoms with Crippen LogP contribution in [0.2, 0.25) is 0 Å². The van der Waals surface area contributed by atoms with Crippen molar-refractivity contribution in [1.29, 1.82) is 0 Å². The molecule has 1 heterocycles. The second-order valence-corrected chi connectivity index (χ2v) is 3.74. The number of aromatic amines is 1. The van der Waals surface area contributed by atoms with Gasteiger partial charge in [-0.1, -0.05) is 0 Å². The molecule has 7 heteroatoms. The standard InChI is InChI=1S/C7H7IN2O4/c8-4-3-10(2-1-5(11)12)7(14)9-6(4)13/h3H,1-2H2,(H,11,12)(H,9,13,14). The minimum atomic E-state index is -0.988. The molecule has 0 aliphatic rings. The number of nitrogens with zero attached hydrogens (tertiary/aromatic N) is 1. The summed E-state index contributed by atoms with van der Waals surface area (Å²) in [5, 5.41) is 8.40. The van der Waals surface area contributed by atoms with Crippen LogP contribution in [0.4, 0.5) is 0 Å². The van der Waals surface area contributed by atoms with Crippen LogP contribution in [0.3, 0.4) is 0 Å². The molecule has 0 bridgehead atoms. The Labute approximate surface area is 91.7 Å². The molecule has 0 saturated carbocycles. The summed E-state index contributed by atoms with van der Waals surface area (Å²) >= 11 is 1.77. The first-order valence-corrected chi connectivity index (χ1v) is 4.79. The van der Waals surface area contributed by atoms with Gasteiger partial charge in [0.25, 0.3) is 5.56 Å². The van der Waals surface area contributed by atoms with Crippen molar-refractivity contribution in [3.63, 3.8) is 0 Å². The predicted molar refractivity (Wildman–Crippen MR) is 56.3 cm³/mol. The molecule has 0 aliphatic heterocycles. The van der Waals surface area contributed by atoms with E-state index in [1.807, 2.05) is 0 Å². The zero-order valence-electron chi connectivity index (χ0n) is 6.99. The second-order valence-electron chi connectivity index (χ2n) is 2.57. The van der Waals surface area contributed by atoms with E-state index in [9.17, 15) is 14.4 Å². The van der Waals surface area contributed by atoms with Gasteiger partial charge in [-0.25, -0.2) is 4.79 Å².